The Morgan fingerprint density at radius 1 is 1.00 bits per heavy atom. The van der Waals surface area contributed by atoms with Crippen molar-refractivity contribution in [1.82, 2.24) is 10.3 Å². The number of hydrogen-bond donors (Lipinski definition) is 3. The van der Waals surface area contributed by atoms with Gasteiger partial charge in [0.15, 0.2) is 5.11 Å². The van der Waals surface area contributed by atoms with Crippen molar-refractivity contribution in [1.29, 1.82) is 0 Å². The number of nitrogens with zero attached hydrogens (tertiary/aromatic N) is 2. The third-order valence-corrected chi connectivity index (χ3v) is 5.89. The van der Waals surface area contributed by atoms with Crippen LogP contribution in [0.25, 0.3) is 11.3 Å². The van der Waals surface area contributed by atoms with E-state index in [0.717, 1.165) is 11.3 Å². The van der Waals surface area contributed by atoms with E-state index in [1.54, 1.807) is 36.5 Å². The molecule has 3 N–H and O–H groups in total. The van der Waals surface area contributed by atoms with Crippen molar-refractivity contribution < 1.29 is 19.4 Å². The van der Waals surface area contributed by atoms with Crippen LogP contribution in [0.2, 0.25) is 0 Å². The third-order valence-electron chi connectivity index (χ3n) is 5.57. The molecule has 8 heteroatoms. The monoisotopic (exact) mass is 457 g/mol. The van der Waals surface area contributed by atoms with Crippen LogP contribution in [0.15, 0.2) is 89.5 Å². The highest BCUT2D eigenvalue weighted by atomic mass is 32.1. The number of para-hydroxylation sites is 2. The summed E-state index contributed by atoms with van der Waals surface area (Å²) >= 11 is 5.65. The minimum atomic E-state index is -0.983. The maximum atomic E-state index is 11.2. The SMILES string of the molecule is O=C(O)c1ccc(-c2ccc(C3C(c4ccccn4)NC(=S)N3c3ccccc3O)o2)cc1. The fourth-order valence-corrected chi connectivity index (χ4v) is 4.35. The summed E-state index contributed by atoms with van der Waals surface area (Å²) in [6.07, 6.45) is 1.72. The highest BCUT2D eigenvalue weighted by Crippen LogP contribution is 2.45. The van der Waals surface area contributed by atoms with Gasteiger partial charge in [-0.25, -0.2) is 4.79 Å². The molecule has 33 heavy (non-hydrogen) atoms. The number of pyridine rings is 1. The van der Waals surface area contributed by atoms with Gasteiger partial charge in [-0.05, 0) is 60.7 Å². The average Bonchev–Trinajstić information content (AvgIpc) is 3.45. The number of aromatic carboxylic acids is 1. The van der Waals surface area contributed by atoms with Crippen LogP contribution in [0.4, 0.5) is 5.69 Å². The molecule has 7 nitrogen and oxygen atoms in total. The summed E-state index contributed by atoms with van der Waals surface area (Å²) in [6, 6.07) is 22.1. The molecular formula is C25H19N3O4S. The lowest BCUT2D eigenvalue weighted by Crippen LogP contribution is -2.29. The number of phenolic OH excluding ortho intramolecular Hbond substituents is 1. The van der Waals surface area contributed by atoms with E-state index >= 15 is 0 Å². The molecule has 0 bridgehead atoms. The number of aromatic nitrogens is 1. The van der Waals surface area contributed by atoms with Gasteiger partial charge in [-0.1, -0.05) is 30.3 Å². The zero-order valence-corrected chi connectivity index (χ0v) is 18.1. The van der Waals surface area contributed by atoms with Gasteiger partial charge in [-0.15, -0.1) is 0 Å². The van der Waals surface area contributed by atoms with E-state index in [4.69, 9.17) is 21.7 Å². The number of hydrogen-bond acceptors (Lipinski definition) is 5. The Morgan fingerprint density at radius 2 is 1.76 bits per heavy atom. The minimum absolute atomic E-state index is 0.101. The number of thiocarbonyl (C=S) groups is 1. The molecule has 3 heterocycles. The summed E-state index contributed by atoms with van der Waals surface area (Å²) in [5, 5.41) is 23.4. The molecule has 0 aliphatic carbocycles. The zero-order valence-electron chi connectivity index (χ0n) is 17.3. The van der Waals surface area contributed by atoms with E-state index in [9.17, 15) is 9.90 Å². The predicted octanol–water partition coefficient (Wildman–Crippen LogP) is 4.92. The van der Waals surface area contributed by atoms with E-state index in [1.807, 2.05) is 41.3 Å². The van der Waals surface area contributed by atoms with Crippen molar-refractivity contribution in [2.45, 2.75) is 12.1 Å². The van der Waals surface area contributed by atoms with Crippen LogP contribution < -0.4 is 10.2 Å². The Hall–Kier alpha value is -4.17. The van der Waals surface area contributed by atoms with Crippen LogP contribution in [0, 0.1) is 0 Å². The third kappa shape index (κ3) is 3.81. The molecule has 1 fully saturated rings. The molecule has 0 amide bonds. The molecule has 2 atom stereocenters. The summed E-state index contributed by atoms with van der Waals surface area (Å²) in [5.74, 6) is 0.337. The van der Waals surface area contributed by atoms with Gasteiger partial charge in [-0.2, -0.15) is 0 Å². The zero-order chi connectivity index (χ0) is 22.9. The second kappa shape index (κ2) is 8.40. The molecule has 1 aliphatic rings. The van der Waals surface area contributed by atoms with E-state index in [0.29, 0.717) is 22.3 Å². The Balaban J connectivity index is 1.58. The summed E-state index contributed by atoms with van der Waals surface area (Å²) < 4.78 is 6.25. The lowest BCUT2D eigenvalue weighted by atomic mass is 10.0. The van der Waals surface area contributed by atoms with E-state index in [1.165, 1.54) is 12.1 Å². The molecule has 2 aromatic heterocycles. The van der Waals surface area contributed by atoms with Crippen LogP contribution in [-0.2, 0) is 0 Å². The first-order valence-electron chi connectivity index (χ1n) is 10.2. The van der Waals surface area contributed by atoms with E-state index in [2.05, 4.69) is 10.3 Å². The van der Waals surface area contributed by atoms with Gasteiger partial charge < -0.3 is 24.8 Å². The van der Waals surface area contributed by atoms with Crippen LogP contribution in [0.1, 0.15) is 33.9 Å². The summed E-state index contributed by atoms with van der Waals surface area (Å²) in [6.45, 7) is 0. The summed E-state index contributed by atoms with van der Waals surface area (Å²) in [5.41, 5.74) is 2.30. The first kappa shape index (κ1) is 20.7. The average molecular weight is 458 g/mol. The van der Waals surface area contributed by atoms with Crippen LogP contribution >= 0.6 is 12.2 Å². The Labute approximate surface area is 194 Å². The van der Waals surface area contributed by atoms with E-state index < -0.39 is 12.0 Å². The van der Waals surface area contributed by atoms with Crippen molar-refractivity contribution in [3.8, 4) is 17.1 Å². The molecule has 4 aromatic rings. The van der Waals surface area contributed by atoms with Crippen molar-refractivity contribution >= 4 is 29.0 Å². The second-order valence-corrected chi connectivity index (χ2v) is 7.96. The van der Waals surface area contributed by atoms with Crippen molar-refractivity contribution in [3.63, 3.8) is 0 Å². The molecule has 164 valence electrons. The minimum Gasteiger partial charge on any atom is -0.506 e. The largest absolute Gasteiger partial charge is 0.506 e. The first-order valence-corrected chi connectivity index (χ1v) is 10.7. The Morgan fingerprint density at radius 3 is 2.45 bits per heavy atom. The standard InChI is InChI=1S/C25H19N3O4S/c29-19-7-2-1-6-18(19)28-23(22(27-25(28)33)17-5-3-4-14-26-17)21-13-12-20(32-21)15-8-10-16(11-9-15)24(30)31/h1-14,22-23,29H,(H,27,33)(H,30,31). The molecule has 1 aliphatic heterocycles. The molecule has 5 rings (SSSR count). The Kier molecular flexibility index (Phi) is 5.27. The van der Waals surface area contributed by atoms with Gasteiger partial charge >= 0.3 is 5.97 Å². The fraction of sp³-hybridized carbons (Fsp3) is 0.0800. The van der Waals surface area contributed by atoms with Gasteiger partial charge in [-0.3, -0.25) is 4.98 Å². The molecule has 2 aromatic carbocycles. The second-order valence-electron chi connectivity index (χ2n) is 7.57. The number of carboxylic acid groups (broad SMARTS) is 1. The predicted molar refractivity (Wildman–Crippen MR) is 127 cm³/mol. The normalized spacial score (nSPS) is 17.7. The van der Waals surface area contributed by atoms with Gasteiger partial charge in [0, 0.05) is 11.8 Å². The van der Waals surface area contributed by atoms with Crippen LogP contribution in [0.5, 0.6) is 5.75 Å². The maximum absolute atomic E-state index is 11.2. The topological polar surface area (TPSA) is 98.8 Å². The number of aromatic hydroxyl groups is 1. The lowest BCUT2D eigenvalue weighted by molar-refractivity contribution is 0.0697. The number of anilines is 1. The van der Waals surface area contributed by atoms with Crippen molar-refractivity contribution in [2.75, 3.05) is 4.90 Å². The number of furan rings is 1. The van der Waals surface area contributed by atoms with Gasteiger partial charge in [0.25, 0.3) is 0 Å². The van der Waals surface area contributed by atoms with Crippen LogP contribution in [0.3, 0.4) is 0 Å². The van der Waals surface area contributed by atoms with Crippen molar-refractivity contribution in [2.24, 2.45) is 0 Å². The first-order chi connectivity index (χ1) is 16.0. The highest BCUT2D eigenvalue weighted by molar-refractivity contribution is 7.80. The molecule has 1 saturated heterocycles. The molecule has 0 saturated carbocycles. The quantitative estimate of drug-likeness (QED) is 0.363. The summed E-state index contributed by atoms with van der Waals surface area (Å²) in [4.78, 5) is 17.5. The molecular weight excluding hydrogens is 438 g/mol. The number of rotatable bonds is 5. The number of carboxylic acids is 1. The van der Waals surface area contributed by atoms with Gasteiger partial charge in [0.2, 0.25) is 0 Å². The van der Waals surface area contributed by atoms with Crippen LogP contribution in [-0.4, -0.2) is 26.3 Å². The number of phenols is 1. The number of benzene rings is 2. The van der Waals surface area contributed by atoms with Gasteiger partial charge in [0.05, 0.1) is 23.0 Å². The number of carbonyl (C=O) groups is 1. The maximum Gasteiger partial charge on any atom is 0.335 e. The summed E-state index contributed by atoms with van der Waals surface area (Å²) in [7, 11) is 0. The fourth-order valence-electron chi connectivity index (χ4n) is 4.02. The molecule has 0 spiro atoms. The Bertz CT molecular complexity index is 1320. The smallest absolute Gasteiger partial charge is 0.335 e. The van der Waals surface area contributed by atoms with Crippen molar-refractivity contribution in [3.05, 3.63) is 102 Å². The molecule has 2 unspecified atom stereocenters. The highest BCUT2D eigenvalue weighted by Gasteiger charge is 2.43. The van der Waals surface area contributed by atoms with E-state index in [-0.39, 0.29) is 17.4 Å². The van der Waals surface area contributed by atoms with Gasteiger partial charge in [0.1, 0.15) is 23.3 Å². The molecule has 0 radical (unpaired) electrons. The lowest BCUT2D eigenvalue weighted by Gasteiger charge is -2.26. The number of nitrogens with one attached hydrogen (secondary N) is 1.